The van der Waals surface area contributed by atoms with Crippen molar-refractivity contribution >= 4 is 5.91 Å². The van der Waals surface area contributed by atoms with E-state index in [1.165, 1.54) is 32.1 Å². The van der Waals surface area contributed by atoms with Gasteiger partial charge in [0.2, 0.25) is 11.9 Å². The van der Waals surface area contributed by atoms with Gasteiger partial charge in [0, 0.05) is 36.5 Å². The van der Waals surface area contributed by atoms with E-state index < -0.39 is 6.04 Å². The lowest BCUT2D eigenvalue weighted by Crippen LogP contribution is -2.58. The summed E-state index contributed by atoms with van der Waals surface area (Å²) >= 11 is 0. The fourth-order valence-corrected chi connectivity index (χ4v) is 4.41. The molecule has 0 unspecified atom stereocenters. The molecule has 4 atom stereocenters. The van der Waals surface area contributed by atoms with Gasteiger partial charge in [-0.2, -0.15) is 0 Å². The van der Waals surface area contributed by atoms with Crippen LogP contribution in [0.1, 0.15) is 38.5 Å². The van der Waals surface area contributed by atoms with Gasteiger partial charge in [-0.3, -0.25) is 19.8 Å². The molecule has 0 aromatic rings. The molecule has 2 bridgehead atoms. The minimum absolute atomic E-state index is 0.0709. The van der Waals surface area contributed by atoms with Gasteiger partial charge in [-0.15, -0.1) is 0 Å². The summed E-state index contributed by atoms with van der Waals surface area (Å²) in [4.78, 5) is 25.2. The van der Waals surface area contributed by atoms with E-state index in [4.69, 9.17) is 0 Å². The van der Waals surface area contributed by atoms with Crippen LogP contribution in [-0.4, -0.2) is 46.9 Å². The van der Waals surface area contributed by atoms with Crippen LogP contribution in [0.4, 0.5) is 0 Å². The first kappa shape index (κ1) is 13.5. The summed E-state index contributed by atoms with van der Waals surface area (Å²) < 4.78 is 0. The van der Waals surface area contributed by atoms with E-state index in [0.717, 1.165) is 19.1 Å². The zero-order chi connectivity index (χ0) is 14.6. The summed E-state index contributed by atoms with van der Waals surface area (Å²) in [7, 11) is 0. The molecule has 1 N–H and O–H groups in total. The Balaban J connectivity index is 1.38. The summed E-state index contributed by atoms with van der Waals surface area (Å²) in [5.41, 5.74) is 0. The number of likely N-dealkylation sites (tertiary alicyclic amines) is 1. The van der Waals surface area contributed by atoms with Crippen LogP contribution in [0.5, 0.6) is 0 Å². The predicted octanol–water partition coefficient (Wildman–Crippen LogP) is 1.03. The molecule has 116 valence electrons. The number of piperidine rings is 1. The number of nitrogens with one attached hydrogen (secondary N) is 1. The highest BCUT2D eigenvalue weighted by Gasteiger charge is 2.54. The van der Waals surface area contributed by atoms with E-state index in [1.807, 2.05) is 0 Å². The molecular formula is C15H23N3O3. The van der Waals surface area contributed by atoms with Gasteiger partial charge in [-0.25, -0.2) is 0 Å². The number of amides is 1. The molecular weight excluding hydrogens is 270 g/mol. The Morgan fingerprint density at radius 1 is 1.14 bits per heavy atom. The van der Waals surface area contributed by atoms with E-state index >= 15 is 0 Å². The van der Waals surface area contributed by atoms with E-state index in [2.05, 4.69) is 10.2 Å². The Hall–Kier alpha value is -1.17. The van der Waals surface area contributed by atoms with Crippen molar-refractivity contribution in [2.24, 2.45) is 17.8 Å². The molecule has 6 nitrogen and oxygen atoms in total. The first-order chi connectivity index (χ1) is 10.1. The van der Waals surface area contributed by atoms with Crippen LogP contribution in [0.2, 0.25) is 0 Å². The van der Waals surface area contributed by atoms with Crippen molar-refractivity contribution in [2.45, 2.75) is 56.7 Å². The maximum Gasteiger partial charge on any atom is 0.230 e. The van der Waals surface area contributed by atoms with Gasteiger partial charge in [0.05, 0.1) is 0 Å². The molecule has 21 heavy (non-hydrogen) atoms. The molecule has 0 aromatic carbocycles. The van der Waals surface area contributed by atoms with Gasteiger partial charge < -0.3 is 5.32 Å². The van der Waals surface area contributed by atoms with Crippen LogP contribution in [-0.2, 0) is 4.79 Å². The van der Waals surface area contributed by atoms with Gasteiger partial charge in [-0.05, 0) is 37.5 Å². The van der Waals surface area contributed by atoms with Crippen molar-refractivity contribution in [3.05, 3.63) is 10.1 Å². The van der Waals surface area contributed by atoms with Crippen LogP contribution in [0.3, 0.4) is 0 Å². The molecule has 1 aliphatic heterocycles. The molecule has 3 saturated carbocycles. The van der Waals surface area contributed by atoms with Gasteiger partial charge in [0.15, 0.2) is 0 Å². The van der Waals surface area contributed by atoms with Crippen molar-refractivity contribution in [1.29, 1.82) is 0 Å². The lowest BCUT2D eigenvalue weighted by atomic mass is 9.73. The van der Waals surface area contributed by atoms with Crippen LogP contribution in [0.15, 0.2) is 0 Å². The largest absolute Gasteiger partial charge is 0.352 e. The molecule has 1 amide bonds. The lowest BCUT2D eigenvalue weighted by molar-refractivity contribution is -0.497. The van der Waals surface area contributed by atoms with Crippen molar-refractivity contribution < 1.29 is 9.72 Å². The second kappa shape index (κ2) is 4.93. The summed E-state index contributed by atoms with van der Waals surface area (Å²) in [6.45, 7) is 2.21. The molecule has 4 aliphatic rings. The molecule has 4 rings (SSSR count). The highest BCUT2D eigenvalue weighted by molar-refractivity contribution is 5.82. The van der Waals surface area contributed by atoms with Gasteiger partial charge in [0.1, 0.15) is 5.92 Å². The Kier molecular flexibility index (Phi) is 3.17. The first-order valence-corrected chi connectivity index (χ1v) is 8.31. The third-order valence-electron chi connectivity index (χ3n) is 5.84. The second-order valence-electron chi connectivity index (χ2n) is 7.37. The van der Waals surface area contributed by atoms with Gasteiger partial charge >= 0.3 is 0 Å². The van der Waals surface area contributed by atoms with E-state index in [9.17, 15) is 14.9 Å². The number of nitrogens with zero attached hydrogens (tertiary/aromatic N) is 2. The maximum atomic E-state index is 12.2. The molecule has 0 aromatic heterocycles. The minimum Gasteiger partial charge on any atom is -0.352 e. The molecule has 4 fully saturated rings. The number of carbonyl (C=O) groups is 1. The molecule has 1 heterocycles. The lowest BCUT2D eigenvalue weighted by Gasteiger charge is -2.47. The van der Waals surface area contributed by atoms with Crippen LogP contribution in [0.25, 0.3) is 0 Å². The quantitative estimate of drug-likeness (QED) is 0.620. The van der Waals surface area contributed by atoms with Crippen molar-refractivity contribution in [2.75, 3.05) is 13.1 Å². The number of hydrogen-bond acceptors (Lipinski definition) is 4. The minimum atomic E-state index is -0.628. The molecule has 6 heteroatoms. The number of nitro groups is 1. The fourth-order valence-electron chi connectivity index (χ4n) is 4.41. The average Bonchev–Trinajstić information content (AvgIpc) is 3.30. The second-order valence-corrected chi connectivity index (χ2v) is 7.37. The van der Waals surface area contributed by atoms with E-state index in [-0.39, 0.29) is 22.8 Å². The molecule has 0 radical (unpaired) electrons. The summed E-state index contributed by atoms with van der Waals surface area (Å²) in [5, 5.41) is 13.9. The summed E-state index contributed by atoms with van der Waals surface area (Å²) in [6, 6.07) is 0.428. The monoisotopic (exact) mass is 293 g/mol. The van der Waals surface area contributed by atoms with Crippen LogP contribution < -0.4 is 5.32 Å². The number of rotatable bonds is 4. The topological polar surface area (TPSA) is 75.5 Å². The smallest absolute Gasteiger partial charge is 0.230 e. The van der Waals surface area contributed by atoms with Gasteiger partial charge in [0.25, 0.3) is 0 Å². The van der Waals surface area contributed by atoms with Crippen molar-refractivity contribution in [3.8, 4) is 0 Å². The van der Waals surface area contributed by atoms with E-state index in [0.29, 0.717) is 18.3 Å². The Morgan fingerprint density at radius 3 is 2.33 bits per heavy atom. The molecule has 1 saturated heterocycles. The third-order valence-corrected chi connectivity index (χ3v) is 5.84. The summed E-state index contributed by atoms with van der Waals surface area (Å²) in [5.74, 6) is 0.658. The van der Waals surface area contributed by atoms with Crippen molar-refractivity contribution in [3.63, 3.8) is 0 Å². The van der Waals surface area contributed by atoms with Crippen molar-refractivity contribution in [1.82, 2.24) is 10.2 Å². The van der Waals surface area contributed by atoms with Crippen LogP contribution in [0, 0.1) is 27.9 Å². The van der Waals surface area contributed by atoms with Crippen LogP contribution >= 0.6 is 0 Å². The van der Waals surface area contributed by atoms with Gasteiger partial charge in [-0.1, -0.05) is 6.42 Å². The Bertz CT molecular complexity index is 451. The number of carbonyl (C=O) groups excluding carboxylic acids is 1. The highest BCUT2D eigenvalue weighted by atomic mass is 16.6. The fraction of sp³-hybridized carbons (Fsp3) is 0.933. The molecule has 0 spiro atoms. The third kappa shape index (κ3) is 2.54. The average molecular weight is 293 g/mol. The predicted molar refractivity (Wildman–Crippen MR) is 76.2 cm³/mol. The maximum absolute atomic E-state index is 12.2. The number of hydrogen-bond donors (Lipinski definition) is 1. The standard InChI is InChI=1S/C15H23N3O3/c19-15(12-6-13(12)18(20)21)16-14-9-2-1-3-10(14)8-17(7-9)11-4-5-11/h9-14H,1-8H2,(H,16,19)/t9-,10-,12+,13-/m0/s1. The Morgan fingerprint density at radius 2 is 1.81 bits per heavy atom. The normalized spacial score (nSPS) is 42.4. The molecule has 3 aliphatic carbocycles. The highest BCUT2D eigenvalue weighted by Crippen LogP contribution is 2.40. The zero-order valence-corrected chi connectivity index (χ0v) is 12.2. The Labute approximate surface area is 124 Å². The van der Waals surface area contributed by atoms with E-state index in [1.54, 1.807) is 0 Å². The summed E-state index contributed by atoms with van der Waals surface area (Å²) in [6.07, 6.45) is 6.74. The SMILES string of the molecule is O=C(NC1[C@H]2CCC[C@H]1CN(C1CC1)C2)[C@@H]1C[C@@H]1[N+](=O)[O-]. The number of fused-ring (bicyclic) bond motifs is 2. The zero-order valence-electron chi connectivity index (χ0n) is 12.2. The first-order valence-electron chi connectivity index (χ1n) is 8.31.